The predicted molar refractivity (Wildman–Crippen MR) is 98.0 cm³/mol. The van der Waals surface area contributed by atoms with E-state index in [0.717, 1.165) is 36.5 Å². The minimum Gasteiger partial charge on any atom is -0.338 e. The molecule has 1 amide bonds. The first-order valence-corrected chi connectivity index (χ1v) is 9.07. The fourth-order valence-corrected chi connectivity index (χ4v) is 3.45. The van der Waals surface area contributed by atoms with Crippen molar-refractivity contribution >= 4 is 5.91 Å². The minimum absolute atomic E-state index is 0.0684. The van der Waals surface area contributed by atoms with Crippen LogP contribution >= 0.6 is 0 Å². The number of aryl methyl sites for hydroxylation is 1. The standard InChI is InChI=1S/C19H21N7O/c1-14-22-23-24-26(14)11-15-4-6-16(7-5-15)19(27)25-10-2-3-17(12-25)18-8-9-20-13-21-18/h4-9,13,17H,2-3,10-12H2,1H3/t17-/m1/s1. The number of benzene rings is 1. The van der Waals surface area contributed by atoms with Gasteiger partial charge in [-0.1, -0.05) is 12.1 Å². The fourth-order valence-electron chi connectivity index (χ4n) is 3.45. The van der Waals surface area contributed by atoms with Gasteiger partial charge in [-0.25, -0.2) is 14.6 Å². The summed E-state index contributed by atoms with van der Waals surface area (Å²) in [5.41, 5.74) is 2.77. The van der Waals surface area contributed by atoms with E-state index in [1.165, 1.54) is 0 Å². The van der Waals surface area contributed by atoms with E-state index in [4.69, 9.17) is 0 Å². The summed E-state index contributed by atoms with van der Waals surface area (Å²) in [4.78, 5) is 23.2. The van der Waals surface area contributed by atoms with Gasteiger partial charge in [0.15, 0.2) is 0 Å². The van der Waals surface area contributed by atoms with Crippen LogP contribution in [0, 0.1) is 6.92 Å². The van der Waals surface area contributed by atoms with Crippen LogP contribution in [0.15, 0.2) is 42.9 Å². The van der Waals surface area contributed by atoms with Gasteiger partial charge in [0.2, 0.25) is 0 Å². The maximum atomic E-state index is 12.9. The molecule has 0 bridgehead atoms. The van der Waals surface area contributed by atoms with Gasteiger partial charge in [0, 0.05) is 36.5 Å². The van der Waals surface area contributed by atoms with Crippen LogP contribution < -0.4 is 0 Å². The molecule has 3 heterocycles. The zero-order chi connectivity index (χ0) is 18.6. The first-order valence-electron chi connectivity index (χ1n) is 9.07. The summed E-state index contributed by atoms with van der Waals surface area (Å²) in [6.45, 7) is 3.93. The molecule has 3 aromatic rings. The summed E-state index contributed by atoms with van der Waals surface area (Å²) >= 11 is 0. The van der Waals surface area contributed by atoms with E-state index in [2.05, 4.69) is 25.5 Å². The summed E-state index contributed by atoms with van der Waals surface area (Å²) < 4.78 is 1.73. The number of carbonyl (C=O) groups is 1. The Bertz CT molecular complexity index is 907. The summed E-state index contributed by atoms with van der Waals surface area (Å²) in [6.07, 6.45) is 5.36. The van der Waals surface area contributed by atoms with Gasteiger partial charge in [0.25, 0.3) is 5.91 Å². The van der Waals surface area contributed by atoms with E-state index in [0.29, 0.717) is 18.7 Å². The Morgan fingerprint density at radius 3 is 2.78 bits per heavy atom. The fraction of sp³-hybridized carbons (Fsp3) is 0.368. The molecule has 1 fully saturated rings. The van der Waals surface area contributed by atoms with Crippen molar-refractivity contribution in [2.45, 2.75) is 32.2 Å². The second kappa shape index (κ2) is 7.61. The van der Waals surface area contributed by atoms with Crippen molar-refractivity contribution in [2.75, 3.05) is 13.1 Å². The highest BCUT2D eigenvalue weighted by atomic mass is 16.2. The van der Waals surface area contributed by atoms with Crippen molar-refractivity contribution in [3.05, 3.63) is 65.5 Å². The molecule has 2 aromatic heterocycles. The molecule has 0 radical (unpaired) electrons. The zero-order valence-electron chi connectivity index (χ0n) is 15.2. The van der Waals surface area contributed by atoms with Crippen LogP contribution in [0.2, 0.25) is 0 Å². The van der Waals surface area contributed by atoms with E-state index in [-0.39, 0.29) is 11.8 Å². The lowest BCUT2D eigenvalue weighted by Crippen LogP contribution is -2.39. The topological polar surface area (TPSA) is 89.7 Å². The number of amides is 1. The Morgan fingerprint density at radius 2 is 2.07 bits per heavy atom. The van der Waals surface area contributed by atoms with Crippen LogP contribution in [0.3, 0.4) is 0 Å². The summed E-state index contributed by atoms with van der Waals surface area (Å²) in [5.74, 6) is 1.10. The molecule has 0 N–H and O–H groups in total. The highest BCUT2D eigenvalue weighted by molar-refractivity contribution is 5.94. The Kier molecular flexibility index (Phi) is 4.86. The molecule has 1 aliphatic heterocycles. The van der Waals surface area contributed by atoms with Gasteiger partial charge in [0.05, 0.1) is 6.54 Å². The molecule has 0 saturated carbocycles. The van der Waals surface area contributed by atoms with Crippen molar-refractivity contribution in [1.82, 2.24) is 35.1 Å². The van der Waals surface area contributed by atoms with Gasteiger partial charge < -0.3 is 4.90 Å². The van der Waals surface area contributed by atoms with Crippen molar-refractivity contribution in [1.29, 1.82) is 0 Å². The number of piperidine rings is 1. The molecule has 0 spiro atoms. The van der Waals surface area contributed by atoms with Crippen molar-refractivity contribution < 1.29 is 4.79 Å². The molecular weight excluding hydrogens is 342 g/mol. The second-order valence-electron chi connectivity index (χ2n) is 6.81. The Labute approximate surface area is 157 Å². The molecule has 0 aliphatic carbocycles. The molecule has 1 atom stereocenters. The van der Waals surface area contributed by atoms with Gasteiger partial charge >= 0.3 is 0 Å². The maximum absolute atomic E-state index is 12.9. The number of aromatic nitrogens is 6. The lowest BCUT2D eigenvalue weighted by molar-refractivity contribution is 0.0706. The van der Waals surface area contributed by atoms with Crippen molar-refractivity contribution in [3.8, 4) is 0 Å². The molecule has 8 nitrogen and oxygen atoms in total. The van der Waals surface area contributed by atoms with E-state index in [1.807, 2.05) is 42.2 Å². The SMILES string of the molecule is Cc1nnnn1Cc1ccc(C(=O)N2CCC[C@@H](c3ccncn3)C2)cc1. The number of likely N-dealkylation sites (tertiary alicyclic amines) is 1. The smallest absolute Gasteiger partial charge is 0.253 e. The van der Waals surface area contributed by atoms with Gasteiger partial charge in [-0.2, -0.15) is 0 Å². The van der Waals surface area contributed by atoms with Crippen LogP contribution in [-0.4, -0.2) is 54.1 Å². The third-order valence-corrected chi connectivity index (χ3v) is 4.98. The molecule has 4 rings (SSSR count). The minimum atomic E-state index is 0.0684. The Hall–Kier alpha value is -3.16. The molecule has 1 aromatic carbocycles. The molecule has 1 aliphatic rings. The average Bonchev–Trinajstić information content (AvgIpc) is 3.13. The monoisotopic (exact) mass is 363 g/mol. The molecule has 0 unspecified atom stereocenters. The van der Waals surface area contributed by atoms with Crippen LogP contribution in [0.4, 0.5) is 0 Å². The molecule has 27 heavy (non-hydrogen) atoms. The van der Waals surface area contributed by atoms with Gasteiger partial charge in [-0.3, -0.25) is 4.79 Å². The highest BCUT2D eigenvalue weighted by Crippen LogP contribution is 2.26. The lowest BCUT2D eigenvalue weighted by atomic mass is 9.94. The maximum Gasteiger partial charge on any atom is 0.253 e. The summed E-state index contributed by atoms with van der Waals surface area (Å²) in [5, 5.41) is 11.5. The number of hydrogen-bond acceptors (Lipinski definition) is 6. The molecular formula is C19H21N7O. The average molecular weight is 363 g/mol. The lowest BCUT2D eigenvalue weighted by Gasteiger charge is -2.32. The highest BCUT2D eigenvalue weighted by Gasteiger charge is 2.26. The van der Waals surface area contributed by atoms with E-state index in [1.54, 1.807) is 17.2 Å². The predicted octanol–water partition coefficient (Wildman–Crippen LogP) is 1.84. The van der Waals surface area contributed by atoms with Gasteiger partial charge in [-0.15, -0.1) is 5.10 Å². The first kappa shape index (κ1) is 17.3. The van der Waals surface area contributed by atoms with Crippen molar-refractivity contribution in [3.63, 3.8) is 0 Å². The second-order valence-corrected chi connectivity index (χ2v) is 6.81. The van der Waals surface area contributed by atoms with Crippen LogP contribution in [0.25, 0.3) is 0 Å². The third kappa shape index (κ3) is 3.84. The van der Waals surface area contributed by atoms with Crippen molar-refractivity contribution in [2.24, 2.45) is 0 Å². The van der Waals surface area contributed by atoms with Gasteiger partial charge in [-0.05, 0) is 54.0 Å². The van der Waals surface area contributed by atoms with Crippen LogP contribution in [-0.2, 0) is 6.54 Å². The molecule has 1 saturated heterocycles. The van der Waals surface area contributed by atoms with Crippen LogP contribution in [0.1, 0.15) is 46.2 Å². The van der Waals surface area contributed by atoms with Gasteiger partial charge in [0.1, 0.15) is 12.2 Å². The first-order chi connectivity index (χ1) is 13.2. The van der Waals surface area contributed by atoms with Crippen LogP contribution in [0.5, 0.6) is 0 Å². The number of hydrogen-bond donors (Lipinski definition) is 0. The third-order valence-electron chi connectivity index (χ3n) is 4.98. The molecule has 8 heteroatoms. The number of tetrazole rings is 1. The largest absolute Gasteiger partial charge is 0.338 e. The molecule has 138 valence electrons. The van der Waals surface area contributed by atoms with E-state index >= 15 is 0 Å². The van der Waals surface area contributed by atoms with E-state index in [9.17, 15) is 4.79 Å². The zero-order valence-corrected chi connectivity index (χ0v) is 15.2. The number of nitrogens with zero attached hydrogens (tertiary/aromatic N) is 7. The Balaban J connectivity index is 1.43. The summed E-state index contributed by atoms with van der Waals surface area (Å²) in [6, 6.07) is 9.62. The quantitative estimate of drug-likeness (QED) is 0.703. The number of carbonyl (C=O) groups excluding carboxylic acids is 1. The summed E-state index contributed by atoms with van der Waals surface area (Å²) in [7, 11) is 0. The van der Waals surface area contributed by atoms with E-state index < -0.39 is 0 Å². The number of rotatable bonds is 4. The normalized spacial score (nSPS) is 17.1. The Morgan fingerprint density at radius 1 is 1.22 bits per heavy atom.